The maximum atomic E-state index is 10.6. The van der Waals surface area contributed by atoms with Crippen molar-refractivity contribution in [1.29, 1.82) is 5.41 Å². The van der Waals surface area contributed by atoms with Crippen LogP contribution in [0.5, 0.6) is 0 Å². The van der Waals surface area contributed by atoms with E-state index in [1.165, 1.54) is 4.90 Å². The molecule has 19 heavy (non-hydrogen) atoms. The molecule has 0 radical (unpaired) electrons. The monoisotopic (exact) mass is 273 g/mol. The Hall–Kier alpha value is -1.79. The highest BCUT2D eigenvalue weighted by molar-refractivity contribution is 5.76. The lowest BCUT2D eigenvalue weighted by atomic mass is 9.92. The van der Waals surface area contributed by atoms with Gasteiger partial charge in [0, 0.05) is 26.4 Å². The van der Waals surface area contributed by atoms with Crippen molar-refractivity contribution in [2.24, 2.45) is 11.7 Å². The highest BCUT2D eigenvalue weighted by Crippen LogP contribution is 2.22. The third kappa shape index (κ3) is 9.87. The molecular formula is C12H23N3O4. The minimum absolute atomic E-state index is 0.248. The summed E-state index contributed by atoms with van der Waals surface area (Å²) in [5, 5.41) is 23.3. The summed E-state index contributed by atoms with van der Waals surface area (Å²) in [5.74, 6) is 0.0259. The molecule has 1 aliphatic heterocycles. The number of aliphatic carboxylic acids is 1. The number of hydrogen-bond donors (Lipinski definition) is 4. The Labute approximate surface area is 112 Å². The van der Waals surface area contributed by atoms with E-state index < -0.39 is 12.1 Å². The molecule has 5 N–H and O–H groups in total. The summed E-state index contributed by atoms with van der Waals surface area (Å²) in [6, 6.07) is 0. The molecule has 0 atom stereocenters. The van der Waals surface area contributed by atoms with Crippen LogP contribution in [0, 0.1) is 11.3 Å². The number of likely N-dealkylation sites (tertiary alicyclic amines) is 1. The lowest BCUT2D eigenvalue weighted by Gasteiger charge is -2.29. The van der Waals surface area contributed by atoms with Gasteiger partial charge in [-0.1, -0.05) is 0 Å². The first-order chi connectivity index (χ1) is 8.82. The minimum atomic E-state index is -0.833. The molecule has 110 valence electrons. The lowest BCUT2D eigenvalue weighted by molar-refractivity contribution is -0.134. The summed E-state index contributed by atoms with van der Waals surface area (Å²) >= 11 is 0. The number of carboxylic acids is 1. The van der Waals surface area contributed by atoms with Gasteiger partial charge in [0.05, 0.1) is 5.84 Å². The van der Waals surface area contributed by atoms with Crippen LogP contribution in [0.2, 0.25) is 0 Å². The van der Waals surface area contributed by atoms with Crippen molar-refractivity contribution in [2.45, 2.75) is 39.0 Å². The van der Waals surface area contributed by atoms with Crippen LogP contribution < -0.4 is 5.73 Å². The Bertz CT molecular complexity index is 305. The highest BCUT2D eigenvalue weighted by Gasteiger charge is 2.21. The predicted octanol–water partition coefficient (Wildman–Crippen LogP) is 1.57. The fourth-order valence-electron chi connectivity index (χ4n) is 1.99. The molecule has 1 rings (SSSR count). The Morgan fingerprint density at radius 3 is 2.16 bits per heavy atom. The predicted molar refractivity (Wildman–Crippen MR) is 71.4 cm³/mol. The summed E-state index contributed by atoms with van der Waals surface area (Å²) < 4.78 is 0. The number of amides is 1. The van der Waals surface area contributed by atoms with Crippen LogP contribution in [0.25, 0.3) is 0 Å². The smallest absolute Gasteiger partial charge is 0.407 e. The van der Waals surface area contributed by atoms with Gasteiger partial charge in [0.2, 0.25) is 0 Å². The molecule has 0 aromatic heterocycles. The Morgan fingerprint density at radius 2 is 1.79 bits per heavy atom. The maximum Gasteiger partial charge on any atom is 0.407 e. The largest absolute Gasteiger partial charge is 0.481 e. The van der Waals surface area contributed by atoms with Crippen molar-refractivity contribution in [2.75, 3.05) is 13.1 Å². The van der Waals surface area contributed by atoms with Gasteiger partial charge < -0.3 is 20.8 Å². The molecule has 0 spiro atoms. The zero-order chi connectivity index (χ0) is 14.8. The van der Waals surface area contributed by atoms with E-state index in [0.29, 0.717) is 25.4 Å². The number of nitrogens with two attached hydrogens (primary N) is 1. The van der Waals surface area contributed by atoms with Gasteiger partial charge in [-0.2, -0.15) is 0 Å². The van der Waals surface area contributed by atoms with E-state index in [9.17, 15) is 4.79 Å². The van der Waals surface area contributed by atoms with E-state index >= 15 is 0 Å². The normalized spacial score (nSPS) is 15.3. The third-order valence-corrected chi connectivity index (χ3v) is 2.94. The molecule has 1 aliphatic rings. The minimum Gasteiger partial charge on any atom is -0.481 e. The van der Waals surface area contributed by atoms with E-state index in [2.05, 4.69) is 0 Å². The first-order valence-corrected chi connectivity index (χ1v) is 6.33. The number of carboxylic acid groups (broad SMARTS) is 2. The number of rotatable bonds is 4. The van der Waals surface area contributed by atoms with E-state index in [4.69, 9.17) is 26.2 Å². The van der Waals surface area contributed by atoms with Gasteiger partial charge in [-0.15, -0.1) is 0 Å². The molecule has 0 aliphatic carbocycles. The summed E-state index contributed by atoms with van der Waals surface area (Å²) in [7, 11) is 0. The number of carbonyl (C=O) groups is 2. The van der Waals surface area contributed by atoms with Gasteiger partial charge in [-0.25, -0.2) is 4.79 Å². The molecule has 1 saturated heterocycles. The van der Waals surface area contributed by atoms with Gasteiger partial charge in [-0.3, -0.25) is 10.2 Å². The fourth-order valence-corrected chi connectivity index (χ4v) is 1.99. The van der Waals surface area contributed by atoms with Gasteiger partial charge >= 0.3 is 6.09 Å². The van der Waals surface area contributed by atoms with Crippen molar-refractivity contribution in [3.8, 4) is 0 Å². The molecule has 0 aromatic rings. The van der Waals surface area contributed by atoms with E-state index in [-0.39, 0.29) is 5.84 Å². The van der Waals surface area contributed by atoms with E-state index in [1.807, 2.05) is 0 Å². The molecule has 1 amide bonds. The van der Waals surface area contributed by atoms with Crippen molar-refractivity contribution >= 4 is 17.9 Å². The molecule has 0 aromatic carbocycles. The van der Waals surface area contributed by atoms with Gasteiger partial charge in [0.15, 0.2) is 0 Å². The molecule has 0 unspecified atom stereocenters. The summed E-state index contributed by atoms with van der Waals surface area (Å²) in [6.07, 6.45) is 3.77. The van der Waals surface area contributed by atoms with Crippen molar-refractivity contribution in [3.05, 3.63) is 0 Å². The first-order valence-electron chi connectivity index (χ1n) is 6.33. The Morgan fingerprint density at radius 1 is 1.32 bits per heavy atom. The number of piperidine rings is 1. The van der Waals surface area contributed by atoms with Crippen LogP contribution in [0.4, 0.5) is 4.79 Å². The topological polar surface area (TPSA) is 128 Å². The van der Waals surface area contributed by atoms with Crippen LogP contribution in [0.1, 0.15) is 39.0 Å². The fraction of sp³-hybridized carbons (Fsp3) is 0.750. The van der Waals surface area contributed by atoms with Crippen molar-refractivity contribution < 1.29 is 19.8 Å². The Kier molecular flexibility index (Phi) is 8.32. The summed E-state index contributed by atoms with van der Waals surface area (Å²) in [5.41, 5.74) is 5.27. The zero-order valence-electron chi connectivity index (χ0n) is 11.3. The number of nitrogens with zero attached hydrogens (tertiary/aromatic N) is 1. The number of nitrogens with one attached hydrogen (secondary N) is 1. The second kappa shape index (κ2) is 9.18. The second-order valence-electron chi connectivity index (χ2n) is 4.65. The quantitative estimate of drug-likeness (QED) is 0.456. The summed E-state index contributed by atoms with van der Waals surface area (Å²) in [6.45, 7) is 2.39. The standard InChI is InChI=1S/C10H19N3O2.C2H4O2/c11-9(12)3-1-2-8-4-6-13(7-5-8)10(14)15;1-2(3)4/h8H,1-7H2,(H3,11,12)(H,14,15);1H3,(H,3,4). The molecule has 7 nitrogen and oxygen atoms in total. The number of hydrogen-bond acceptors (Lipinski definition) is 3. The Balaban J connectivity index is 0.000000711. The van der Waals surface area contributed by atoms with Crippen LogP contribution in [-0.4, -0.2) is 46.1 Å². The van der Waals surface area contributed by atoms with E-state index in [1.54, 1.807) is 0 Å². The highest BCUT2D eigenvalue weighted by atomic mass is 16.4. The molecule has 1 fully saturated rings. The van der Waals surface area contributed by atoms with Crippen LogP contribution >= 0.6 is 0 Å². The second-order valence-corrected chi connectivity index (χ2v) is 4.65. The van der Waals surface area contributed by atoms with Crippen molar-refractivity contribution in [3.63, 3.8) is 0 Å². The van der Waals surface area contributed by atoms with Crippen LogP contribution in [0.3, 0.4) is 0 Å². The molecular weight excluding hydrogens is 250 g/mol. The summed E-state index contributed by atoms with van der Waals surface area (Å²) in [4.78, 5) is 21.1. The zero-order valence-corrected chi connectivity index (χ0v) is 11.3. The third-order valence-electron chi connectivity index (χ3n) is 2.94. The molecule has 7 heteroatoms. The van der Waals surface area contributed by atoms with Crippen LogP contribution in [0.15, 0.2) is 0 Å². The average molecular weight is 273 g/mol. The maximum absolute atomic E-state index is 10.6. The molecule has 0 bridgehead atoms. The van der Waals surface area contributed by atoms with E-state index in [0.717, 1.165) is 32.6 Å². The van der Waals surface area contributed by atoms with Crippen molar-refractivity contribution in [1.82, 2.24) is 4.90 Å². The van der Waals surface area contributed by atoms with Gasteiger partial charge in [0.25, 0.3) is 5.97 Å². The van der Waals surface area contributed by atoms with Gasteiger partial charge in [-0.05, 0) is 31.6 Å². The molecule has 0 saturated carbocycles. The lowest BCUT2D eigenvalue weighted by Crippen LogP contribution is -2.37. The van der Waals surface area contributed by atoms with Gasteiger partial charge in [0.1, 0.15) is 0 Å². The van der Waals surface area contributed by atoms with Crippen LogP contribution in [-0.2, 0) is 4.79 Å². The first kappa shape index (κ1) is 17.2. The molecule has 1 heterocycles. The number of amidine groups is 1. The SMILES string of the molecule is CC(=O)O.N=C(N)CCCC1CCN(C(=O)O)CC1. The average Bonchev–Trinajstić information content (AvgIpc) is 2.28.